The average molecular weight is 1340 g/mol. The minimum absolute atomic E-state index is 0.0251. The van der Waals surface area contributed by atoms with E-state index in [1.807, 2.05) is 62.4 Å². The number of rotatable bonds is 24. The van der Waals surface area contributed by atoms with Gasteiger partial charge in [-0.1, -0.05) is 34.4 Å². The summed E-state index contributed by atoms with van der Waals surface area (Å²) in [4.78, 5) is 23.6. The molecule has 0 N–H and O–H groups in total. The fourth-order valence-corrected chi connectivity index (χ4v) is 13.5. The van der Waals surface area contributed by atoms with Crippen LogP contribution in [-0.4, -0.2) is 85.0 Å². The molecule has 6 atom stereocenters. The molecule has 4 aromatic carbocycles. The summed E-state index contributed by atoms with van der Waals surface area (Å²) in [5.41, 5.74) is 8.44. The maximum absolute atomic E-state index is 11.8. The average Bonchev–Trinajstić information content (AvgIpc) is 1.57. The van der Waals surface area contributed by atoms with Gasteiger partial charge in [-0.2, -0.15) is 0 Å². The van der Waals surface area contributed by atoms with E-state index in [2.05, 4.69) is 118 Å². The SMILES string of the molecule is C/C(=C\COc1ccc2c(c1)C[C@@]1(C=C2)O[C@H](CC/C(C)=C/COc2c3ccoc3cc3oc(=O)ccc23)C(C)(C)O1)CCC1OC1(C)C.C/C(=C\COc1ccc2c(c1)O[C@]1(C=C2)O[C@H](CC/C(C)=C/COc2c3ccoc3cc3oc(=O)ccc23)C(C)(C)O1)CCC1OC1(C)C. The molecule has 6 aliphatic rings. The summed E-state index contributed by atoms with van der Waals surface area (Å²) < 4.78 is 90.6. The predicted molar refractivity (Wildman–Crippen MR) is 377 cm³/mol. The fourth-order valence-electron chi connectivity index (χ4n) is 13.5. The molecule has 2 spiro atoms. The Labute approximate surface area is 571 Å². The van der Waals surface area contributed by atoms with Crippen molar-refractivity contribution in [1.29, 1.82) is 0 Å². The van der Waals surface area contributed by atoms with Gasteiger partial charge >= 0.3 is 17.2 Å². The normalized spacial score (nSPS) is 24.0. The van der Waals surface area contributed by atoms with Crippen LogP contribution >= 0.6 is 0 Å². The second kappa shape index (κ2) is 27.4. The van der Waals surface area contributed by atoms with Crippen molar-refractivity contribution in [3.8, 4) is 28.7 Å². The van der Waals surface area contributed by atoms with Crippen molar-refractivity contribution < 1.29 is 69.8 Å². The molecule has 516 valence electrons. The lowest BCUT2D eigenvalue weighted by molar-refractivity contribution is -0.270. The maximum atomic E-state index is 11.8. The van der Waals surface area contributed by atoms with Crippen LogP contribution in [0.4, 0.5) is 0 Å². The summed E-state index contributed by atoms with van der Waals surface area (Å²) in [7, 11) is 0. The monoisotopic (exact) mass is 1330 g/mol. The van der Waals surface area contributed by atoms with Gasteiger partial charge in [0.25, 0.3) is 0 Å². The van der Waals surface area contributed by atoms with E-state index >= 15 is 0 Å². The molecule has 4 fully saturated rings. The van der Waals surface area contributed by atoms with Crippen molar-refractivity contribution in [2.24, 2.45) is 0 Å². The molecule has 0 saturated carbocycles. The van der Waals surface area contributed by atoms with Crippen LogP contribution in [0.5, 0.6) is 28.7 Å². The number of ether oxygens (including phenoxy) is 11. The molecule has 8 aromatic rings. The van der Waals surface area contributed by atoms with E-state index in [1.54, 1.807) is 36.8 Å². The Balaban J connectivity index is 0.000000176. The van der Waals surface area contributed by atoms with Crippen LogP contribution in [0.1, 0.15) is 151 Å². The highest BCUT2D eigenvalue weighted by Crippen LogP contribution is 2.48. The topological polar surface area (TPSA) is 195 Å². The molecule has 0 bridgehead atoms. The summed E-state index contributed by atoms with van der Waals surface area (Å²) in [5.74, 6) is 1.35. The zero-order chi connectivity index (χ0) is 68.8. The van der Waals surface area contributed by atoms with Gasteiger partial charge in [0.1, 0.15) is 77.5 Å². The number of epoxide rings is 2. The van der Waals surface area contributed by atoms with Crippen LogP contribution in [0.25, 0.3) is 56.0 Å². The molecule has 98 heavy (non-hydrogen) atoms. The highest BCUT2D eigenvalue weighted by Gasteiger charge is 2.55. The standard InChI is InChI=1S/C41H46O8.C40H44O9/c1-26(7-12-35-39(3,4)47-35)16-20-43-30-10-9-28-15-19-41(25-29(28)23-30)48-36(40(5,6)49-41)13-8-27(2)17-21-45-38-31-11-14-37(42)46-34(31)24-33-32(38)18-22-44-33;1-25(7-12-34-38(3,4)47-34)16-20-42-28-10-9-27-15-19-40(46-31(27)23-28)48-35(39(5,6)49-40)13-8-26(2)17-21-44-37-29-11-14-36(41)45-33(29)24-32-30(37)18-22-43-32/h9-11,14-19,22-24,35-36H,7-8,12-13,20-21,25H2,1-6H3;9-11,14-19,22-24,34-35H,7-8,12-13,20-21H2,1-6H3/b26-16+,27-17+;25-16+,26-17+/t35?,36-,41+;34?,35-,40-/m11/s1. The van der Waals surface area contributed by atoms with Gasteiger partial charge in [-0.25, -0.2) is 9.59 Å². The van der Waals surface area contributed by atoms with Gasteiger partial charge < -0.3 is 69.8 Å². The summed E-state index contributed by atoms with van der Waals surface area (Å²) >= 11 is 0. The Hall–Kier alpha value is -8.42. The zero-order valence-corrected chi connectivity index (χ0v) is 58.3. The number of fused-ring (bicyclic) bond motifs is 6. The largest absolute Gasteiger partial charge is 0.490 e. The smallest absolute Gasteiger partial charge is 0.350 e. The van der Waals surface area contributed by atoms with Gasteiger partial charge in [0.05, 0.1) is 80.9 Å². The van der Waals surface area contributed by atoms with E-state index < -0.39 is 34.2 Å². The first kappa shape index (κ1) is 68.1. The van der Waals surface area contributed by atoms with Crippen molar-refractivity contribution in [3.05, 3.63) is 194 Å². The van der Waals surface area contributed by atoms with Gasteiger partial charge in [0.15, 0.2) is 5.79 Å². The Bertz CT molecular complexity index is 4300. The molecule has 0 amide bonds. The summed E-state index contributed by atoms with van der Waals surface area (Å²) in [6.07, 6.45) is 27.9. The molecule has 9 heterocycles. The van der Waals surface area contributed by atoms with E-state index in [0.717, 1.165) is 107 Å². The second-order valence-corrected chi connectivity index (χ2v) is 29.0. The van der Waals surface area contributed by atoms with Crippen molar-refractivity contribution in [1.82, 2.24) is 0 Å². The minimum atomic E-state index is -1.31. The Kier molecular flexibility index (Phi) is 19.0. The van der Waals surface area contributed by atoms with Crippen LogP contribution in [0, 0.1) is 0 Å². The number of hydrogen-bond donors (Lipinski definition) is 0. The third kappa shape index (κ3) is 15.5. The fraction of sp³-hybridized carbons (Fsp3) is 0.432. The van der Waals surface area contributed by atoms with E-state index in [1.165, 1.54) is 28.9 Å². The molecule has 4 saturated heterocycles. The molecule has 4 aromatic heterocycles. The lowest BCUT2D eigenvalue weighted by atomic mass is 9.93. The molecule has 14 rings (SSSR count). The quantitative estimate of drug-likeness (QED) is 0.0314. The number of hydrogen-bond acceptors (Lipinski definition) is 17. The van der Waals surface area contributed by atoms with Gasteiger partial charge in [0, 0.05) is 48.4 Å². The molecule has 0 radical (unpaired) electrons. The number of benzene rings is 4. The van der Waals surface area contributed by atoms with Crippen LogP contribution in [0.15, 0.2) is 183 Å². The van der Waals surface area contributed by atoms with Crippen molar-refractivity contribution in [2.45, 2.75) is 199 Å². The van der Waals surface area contributed by atoms with E-state index in [-0.39, 0.29) is 23.4 Å². The Morgan fingerprint density at radius 1 is 0.449 bits per heavy atom. The molecular formula is C81H90O17. The molecular weight excluding hydrogens is 1240 g/mol. The van der Waals surface area contributed by atoms with Gasteiger partial charge in [-0.3, -0.25) is 0 Å². The van der Waals surface area contributed by atoms with Crippen LogP contribution in [0.2, 0.25) is 0 Å². The van der Waals surface area contributed by atoms with E-state index in [9.17, 15) is 9.59 Å². The first-order chi connectivity index (χ1) is 46.8. The zero-order valence-electron chi connectivity index (χ0n) is 58.3. The molecule has 17 nitrogen and oxygen atoms in total. The first-order valence-corrected chi connectivity index (χ1v) is 34.3. The van der Waals surface area contributed by atoms with Gasteiger partial charge in [0.2, 0.25) is 0 Å². The molecule has 17 heteroatoms. The van der Waals surface area contributed by atoms with Gasteiger partial charge in [-0.15, -0.1) is 0 Å². The van der Waals surface area contributed by atoms with Crippen molar-refractivity contribution in [3.63, 3.8) is 0 Å². The molecule has 2 unspecified atom stereocenters. The van der Waals surface area contributed by atoms with Crippen molar-refractivity contribution in [2.75, 3.05) is 26.4 Å². The second-order valence-electron chi connectivity index (χ2n) is 29.0. The van der Waals surface area contributed by atoms with Gasteiger partial charge in [-0.05, 0) is 231 Å². The van der Waals surface area contributed by atoms with Crippen LogP contribution in [0.3, 0.4) is 0 Å². The third-order valence-electron chi connectivity index (χ3n) is 19.6. The number of furan rings is 2. The Morgan fingerprint density at radius 2 is 0.878 bits per heavy atom. The Morgan fingerprint density at radius 3 is 1.38 bits per heavy atom. The van der Waals surface area contributed by atoms with Crippen LogP contribution < -0.4 is 34.9 Å². The number of allylic oxidation sites excluding steroid dienone is 4. The molecule has 5 aliphatic heterocycles. The summed E-state index contributed by atoms with van der Waals surface area (Å²) in [6.45, 7) is 27.0. The minimum Gasteiger partial charge on any atom is -0.490 e. The van der Waals surface area contributed by atoms with Crippen LogP contribution in [-0.2, 0) is 34.8 Å². The van der Waals surface area contributed by atoms with E-state index in [4.69, 9.17) is 69.8 Å². The lowest BCUT2D eigenvalue weighted by Gasteiger charge is -2.30. The summed E-state index contributed by atoms with van der Waals surface area (Å²) in [5, 5.41) is 3.11. The van der Waals surface area contributed by atoms with E-state index in [0.29, 0.717) is 84.6 Å². The summed E-state index contributed by atoms with van der Waals surface area (Å²) in [6, 6.07) is 25.5. The highest BCUT2D eigenvalue weighted by molar-refractivity contribution is 6.02. The first-order valence-electron chi connectivity index (χ1n) is 34.3. The predicted octanol–water partition coefficient (Wildman–Crippen LogP) is 18.0. The van der Waals surface area contributed by atoms with Crippen molar-refractivity contribution >= 4 is 56.0 Å². The lowest BCUT2D eigenvalue weighted by Crippen LogP contribution is -2.38. The maximum Gasteiger partial charge on any atom is 0.350 e. The molecule has 1 aliphatic carbocycles. The third-order valence-corrected chi connectivity index (χ3v) is 19.6. The highest BCUT2D eigenvalue weighted by atomic mass is 16.9.